The van der Waals surface area contributed by atoms with Gasteiger partial charge in [-0.2, -0.15) is 0 Å². The van der Waals surface area contributed by atoms with E-state index in [1.54, 1.807) is 88.4 Å². The fraction of sp³-hybridized carbons (Fsp3) is 0.563. The van der Waals surface area contributed by atoms with Crippen molar-refractivity contribution in [3.05, 3.63) is 71.8 Å². The van der Waals surface area contributed by atoms with E-state index in [0.29, 0.717) is 11.1 Å². The Kier molecular flexibility index (Phi) is 44.9. The Bertz CT molecular complexity index is 3780. The largest absolute Gasteiger partial charge is 0.481 e. The topological polar surface area (TPSA) is 742 Å². The summed E-state index contributed by atoms with van der Waals surface area (Å²) < 4.78 is 0. The first-order valence-corrected chi connectivity index (χ1v) is 39.9. The van der Waals surface area contributed by atoms with Gasteiger partial charge in [0, 0.05) is 44.0 Å². The highest BCUT2D eigenvalue weighted by Crippen LogP contribution is 2.24. The number of guanidine groups is 3. The number of carboxylic acids is 2. The summed E-state index contributed by atoms with van der Waals surface area (Å²) in [5.74, 6) is -21.2. The molecule has 2 aromatic carbocycles. The normalized spacial score (nSPS) is 21.4. The van der Waals surface area contributed by atoms with Crippen LogP contribution >= 0.6 is 21.6 Å². The maximum absolute atomic E-state index is 15.1. The van der Waals surface area contributed by atoms with E-state index in [4.69, 9.17) is 40.1 Å². The standard InChI is InChI=1S/C71H112N24O20S2/c1-36(2)25-45-61(107)92-49(29-55(100)101)64(110)86-43(20-13-23-80-70(75)76)60(106)90-46(26-37(3)4)62(108)94-52(67(113)91-48(28-40-17-10-7-11-18-40)63(109)87-44(68(114)115)21-14-24-81-71(77)78)35-117-116-34-51(95-65(111)50(33-97)93-57(103)41(72)32-96)66(112)84-38(5)56(102)88-47(27-39-15-8-6-9-16-39)58(104)83-30-53(98)82-31-54(99)85-42(59(105)89-45)19-12-22-79-69(73)74/h6-11,15-18,36-38,41-52,96-97H,12-14,19-35,72H2,1-5H3,(H,82,98)(H,83,104)(H,84,112)(H,85,99)(H,86,110)(H,87,109)(H,88,102)(H,89,105)(H,90,106)(H,91,113)(H,92,107)(H,93,103)(H,94,108)(H,95,111)(H,100,101)(H,114,115)(H4,73,74,79)(H4,75,76,80)(H4,77,78,81)/t38-,41+,42-,43+,44-,45+,46-,47-,48-,49-,50+,51-,52-/m1/s1. The van der Waals surface area contributed by atoms with Crippen molar-refractivity contribution in [2.45, 2.75) is 184 Å². The van der Waals surface area contributed by atoms with E-state index in [1.807, 2.05) is 0 Å². The third-order valence-corrected chi connectivity index (χ3v) is 19.5. The Balaban J connectivity index is 2.38. The Hall–Kier alpha value is -11.6. The van der Waals surface area contributed by atoms with E-state index in [-0.39, 0.29) is 102 Å². The number of nitrogens with zero attached hydrogens (tertiary/aromatic N) is 3. The first-order valence-electron chi connectivity index (χ1n) is 37.4. The molecule has 1 heterocycles. The first-order chi connectivity index (χ1) is 55.3. The molecular formula is C71H112N24O20S2. The van der Waals surface area contributed by atoms with Gasteiger partial charge in [0.25, 0.3) is 0 Å². The summed E-state index contributed by atoms with van der Waals surface area (Å²) in [6.45, 7) is 3.93. The lowest BCUT2D eigenvalue weighted by Gasteiger charge is -2.28. The number of carboxylic acid groups (broad SMARTS) is 2. The second-order valence-electron chi connectivity index (χ2n) is 27.9. The van der Waals surface area contributed by atoms with Crippen molar-refractivity contribution in [3.63, 3.8) is 0 Å². The number of aliphatic hydroxyl groups is 2. The van der Waals surface area contributed by atoms with Gasteiger partial charge in [-0.3, -0.25) is 86.9 Å². The van der Waals surface area contributed by atoms with Gasteiger partial charge >= 0.3 is 11.9 Å². The van der Waals surface area contributed by atoms with E-state index < -0.39 is 229 Å². The van der Waals surface area contributed by atoms with Gasteiger partial charge in [0.15, 0.2) is 17.9 Å². The van der Waals surface area contributed by atoms with Crippen molar-refractivity contribution in [3.8, 4) is 0 Å². The molecule has 44 nitrogen and oxygen atoms in total. The minimum absolute atomic E-state index is 0.0272. The molecule has 13 atom stereocenters. The highest BCUT2D eigenvalue weighted by atomic mass is 33.1. The quantitative estimate of drug-likeness (QED) is 0.0137. The number of aliphatic carboxylic acids is 2. The molecule has 0 saturated carbocycles. The number of nitrogens with two attached hydrogens (primary N) is 7. The maximum Gasteiger partial charge on any atom is 0.326 e. The molecule has 1 fully saturated rings. The summed E-state index contributed by atoms with van der Waals surface area (Å²) >= 11 is 0. The lowest BCUT2D eigenvalue weighted by atomic mass is 10.0. The van der Waals surface area contributed by atoms with Crippen LogP contribution in [0.3, 0.4) is 0 Å². The highest BCUT2D eigenvalue weighted by molar-refractivity contribution is 8.76. The summed E-state index contributed by atoms with van der Waals surface area (Å²) in [6.07, 6.45) is -2.81. The van der Waals surface area contributed by atoms with Crippen LogP contribution in [0.1, 0.15) is 104 Å². The summed E-state index contributed by atoms with van der Waals surface area (Å²) in [7, 11) is 1.48. The van der Waals surface area contributed by atoms with Gasteiger partial charge in [-0.25, -0.2) is 4.79 Å². The second kappa shape index (κ2) is 52.8. The average Bonchev–Trinajstić information content (AvgIpc) is 0.887. The zero-order valence-electron chi connectivity index (χ0n) is 65.6. The van der Waals surface area contributed by atoms with Crippen molar-refractivity contribution in [2.24, 2.45) is 66.9 Å². The van der Waals surface area contributed by atoms with Gasteiger partial charge in [0.1, 0.15) is 78.5 Å². The van der Waals surface area contributed by atoms with Crippen molar-refractivity contribution >= 4 is 134 Å². The SMILES string of the molecule is CC(C)C[C@@H]1NC(=O)[C@@H](CCCN=C(N)N)NC(=O)CNC(=O)CNC(=O)[C@@H](Cc2ccccc2)NC(=O)[C@@H](C)NC(=O)[C@H](NC(=O)[C@H](CO)NC(=O)[C@@H](N)CO)CSSC[C@H](C(=O)N[C@H](Cc2ccccc2)C(=O)N[C@H](CCCN=C(N)N)C(=O)O)NC(=O)[C@@H](CC(C)C)NC(=O)[C@H](CCCN=C(N)N)NC(=O)[C@@H](CC(=O)O)NC1=O. The van der Waals surface area contributed by atoms with Crippen LogP contribution in [0.25, 0.3) is 0 Å². The summed E-state index contributed by atoms with van der Waals surface area (Å²) in [6, 6.07) is -5.54. The van der Waals surface area contributed by atoms with E-state index in [0.717, 1.165) is 21.6 Å². The zero-order chi connectivity index (χ0) is 87.4. The molecule has 14 amide bonds. The second-order valence-corrected chi connectivity index (χ2v) is 30.5. The zero-order valence-corrected chi connectivity index (χ0v) is 67.2. The van der Waals surface area contributed by atoms with E-state index in [1.165, 1.54) is 6.92 Å². The molecule has 1 aliphatic heterocycles. The van der Waals surface area contributed by atoms with Crippen LogP contribution < -0.4 is 115 Å². The molecule has 46 heteroatoms. The third-order valence-electron chi connectivity index (χ3n) is 17.0. The number of carbonyl (C=O) groups is 16. The molecule has 3 rings (SSSR count). The van der Waals surface area contributed by atoms with Gasteiger partial charge in [-0.1, -0.05) is 110 Å². The van der Waals surface area contributed by atoms with E-state index >= 15 is 9.59 Å². The molecule has 0 unspecified atom stereocenters. The molecule has 0 aliphatic carbocycles. The monoisotopic (exact) mass is 1680 g/mol. The van der Waals surface area contributed by atoms with Gasteiger partial charge in [0.2, 0.25) is 82.7 Å². The van der Waals surface area contributed by atoms with Crippen LogP contribution in [0.2, 0.25) is 0 Å². The Labute approximate surface area is 682 Å². The predicted molar refractivity (Wildman–Crippen MR) is 431 cm³/mol. The molecule has 0 spiro atoms. The first kappa shape index (κ1) is 99.5. The number of aliphatic imine (C=N–C) groups is 3. The number of amides is 14. The number of nitrogens with one attached hydrogen (secondary N) is 14. The van der Waals surface area contributed by atoms with Crippen molar-refractivity contribution in [1.29, 1.82) is 0 Å². The molecule has 0 radical (unpaired) electrons. The van der Waals surface area contributed by atoms with Crippen LogP contribution in [0.4, 0.5) is 0 Å². The Morgan fingerprint density at radius 2 is 0.957 bits per heavy atom. The Morgan fingerprint density at radius 1 is 0.487 bits per heavy atom. The molecule has 0 aromatic heterocycles. The molecule has 117 heavy (non-hydrogen) atoms. The van der Waals surface area contributed by atoms with Crippen molar-refractivity contribution in [2.75, 3.05) is 57.4 Å². The summed E-state index contributed by atoms with van der Waals surface area (Å²) in [5.41, 5.74) is 39.7. The number of hydrogen-bond acceptors (Lipinski definition) is 24. The molecule has 1 aliphatic rings. The van der Waals surface area contributed by atoms with Crippen LogP contribution in [0.15, 0.2) is 75.6 Å². The maximum atomic E-state index is 15.1. The van der Waals surface area contributed by atoms with Crippen LogP contribution in [-0.4, -0.2) is 269 Å². The van der Waals surface area contributed by atoms with E-state index in [2.05, 4.69) is 89.4 Å². The highest BCUT2D eigenvalue weighted by Gasteiger charge is 2.38. The lowest BCUT2D eigenvalue weighted by molar-refractivity contribution is -0.142. The minimum Gasteiger partial charge on any atom is -0.481 e. The van der Waals surface area contributed by atoms with Crippen molar-refractivity contribution < 1.29 is 97.1 Å². The molecular weight excluding hydrogens is 1570 g/mol. The summed E-state index contributed by atoms with van der Waals surface area (Å²) in [4.78, 5) is 236. The number of aliphatic hydroxyl groups excluding tert-OH is 2. The van der Waals surface area contributed by atoms with Crippen LogP contribution in [-0.2, 0) is 89.6 Å². The lowest BCUT2D eigenvalue weighted by Crippen LogP contribution is -2.61. The molecule has 648 valence electrons. The van der Waals surface area contributed by atoms with E-state index in [9.17, 15) is 87.5 Å². The minimum atomic E-state index is -2.02. The van der Waals surface area contributed by atoms with Gasteiger partial charge in [-0.05, 0) is 81.3 Å². The van der Waals surface area contributed by atoms with Gasteiger partial charge in [0.05, 0.1) is 32.7 Å². The fourth-order valence-electron chi connectivity index (χ4n) is 11.0. The fourth-order valence-corrected chi connectivity index (χ4v) is 13.3. The van der Waals surface area contributed by atoms with Crippen LogP contribution in [0, 0.1) is 11.8 Å². The van der Waals surface area contributed by atoms with Gasteiger partial charge < -0.3 is 135 Å². The van der Waals surface area contributed by atoms with Crippen LogP contribution in [0.5, 0.6) is 0 Å². The molecule has 2 aromatic rings. The number of benzene rings is 2. The Morgan fingerprint density at radius 3 is 1.48 bits per heavy atom. The smallest absolute Gasteiger partial charge is 0.326 e. The number of rotatable bonds is 33. The van der Waals surface area contributed by atoms with Crippen molar-refractivity contribution in [1.82, 2.24) is 74.4 Å². The average molecular weight is 1690 g/mol. The molecule has 0 bridgehead atoms. The molecule has 32 N–H and O–H groups in total. The third kappa shape index (κ3) is 39.5. The number of hydrogen-bond donors (Lipinski definition) is 25. The number of carbonyl (C=O) groups excluding carboxylic acids is 14. The summed E-state index contributed by atoms with van der Waals surface area (Å²) in [5, 5.41) is 74.5. The predicted octanol–water partition coefficient (Wildman–Crippen LogP) is -8.94. The molecule has 1 saturated heterocycles. The van der Waals surface area contributed by atoms with Gasteiger partial charge in [-0.15, -0.1) is 0 Å².